The SMILES string of the molecule is Cc1cc(C)c(C#N)c(OCC2CCC2)c1. The summed E-state index contributed by atoms with van der Waals surface area (Å²) >= 11 is 0. The zero-order valence-corrected chi connectivity index (χ0v) is 9.92. The molecule has 0 amide bonds. The maximum absolute atomic E-state index is 9.10. The molecule has 0 aromatic heterocycles. The molecule has 1 fully saturated rings. The number of nitrogens with zero attached hydrogens (tertiary/aromatic N) is 1. The topological polar surface area (TPSA) is 33.0 Å². The fourth-order valence-electron chi connectivity index (χ4n) is 2.05. The minimum absolute atomic E-state index is 0.685. The summed E-state index contributed by atoms with van der Waals surface area (Å²) in [6.45, 7) is 4.75. The van der Waals surface area contributed by atoms with Gasteiger partial charge in [-0.25, -0.2) is 0 Å². The Morgan fingerprint density at radius 1 is 1.38 bits per heavy atom. The lowest BCUT2D eigenvalue weighted by molar-refractivity contribution is 0.180. The third-order valence-electron chi connectivity index (χ3n) is 3.25. The van der Waals surface area contributed by atoms with E-state index in [2.05, 4.69) is 6.07 Å². The van der Waals surface area contributed by atoms with Gasteiger partial charge < -0.3 is 4.74 Å². The molecule has 1 aromatic carbocycles. The van der Waals surface area contributed by atoms with Crippen molar-refractivity contribution < 1.29 is 4.74 Å². The summed E-state index contributed by atoms with van der Waals surface area (Å²) in [4.78, 5) is 0. The molecule has 0 radical (unpaired) electrons. The Morgan fingerprint density at radius 2 is 2.12 bits per heavy atom. The van der Waals surface area contributed by atoms with E-state index in [0.717, 1.165) is 23.5 Å². The molecule has 0 atom stereocenters. The Hall–Kier alpha value is -1.49. The number of aryl methyl sites for hydroxylation is 2. The standard InChI is InChI=1S/C14H17NO/c1-10-6-11(2)13(8-15)14(7-10)16-9-12-4-3-5-12/h6-7,12H,3-5,9H2,1-2H3. The van der Waals surface area contributed by atoms with Gasteiger partial charge in [-0.3, -0.25) is 0 Å². The molecule has 0 bridgehead atoms. The summed E-state index contributed by atoms with van der Waals surface area (Å²) in [5.74, 6) is 1.46. The average molecular weight is 215 g/mol. The third kappa shape index (κ3) is 2.19. The summed E-state index contributed by atoms with van der Waals surface area (Å²) in [7, 11) is 0. The van der Waals surface area contributed by atoms with E-state index in [1.807, 2.05) is 26.0 Å². The molecule has 1 aromatic rings. The van der Waals surface area contributed by atoms with Gasteiger partial charge in [-0.1, -0.05) is 12.5 Å². The van der Waals surface area contributed by atoms with Crippen LogP contribution in [-0.4, -0.2) is 6.61 Å². The van der Waals surface area contributed by atoms with Crippen LogP contribution >= 0.6 is 0 Å². The number of nitriles is 1. The van der Waals surface area contributed by atoms with E-state index < -0.39 is 0 Å². The monoisotopic (exact) mass is 215 g/mol. The smallest absolute Gasteiger partial charge is 0.137 e. The molecule has 1 aliphatic rings. The summed E-state index contributed by atoms with van der Waals surface area (Å²) in [6.07, 6.45) is 3.87. The molecule has 2 nitrogen and oxygen atoms in total. The number of rotatable bonds is 3. The number of benzene rings is 1. The molecule has 0 unspecified atom stereocenters. The number of hydrogen-bond donors (Lipinski definition) is 0. The predicted molar refractivity (Wildman–Crippen MR) is 63.5 cm³/mol. The fourth-order valence-corrected chi connectivity index (χ4v) is 2.05. The van der Waals surface area contributed by atoms with Gasteiger partial charge in [0.1, 0.15) is 11.8 Å². The first-order chi connectivity index (χ1) is 7.70. The van der Waals surface area contributed by atoms with E-state index >= 15 is 0 Å². The highest BCUT2D eigenvalue weighted by molar-refractivity contribution is 5.50. The molecule has 1 saturated carbocycles. The first-order valence-electron chi connectivity index (χ1n) is 5.85. The summed E-state index contributed by atoms with van der Waals surface area (Å²) < 4.78 is 5.77. The van der Waals surface area contributed by atoms with Crippen LogP contribution in [0.2, 0.25) is 0 Å². The molecule has 0 aliphatic heterocycles. The van der Waals surface area contributed by atoms with Gasteiger partial charge in [-0.2, -0.15) is 5.26 Å². The molecule has 0 spiro atoms. The second kappa shape index (κ2) is 4.57. The highest BCUT2D eigenvalue weighted by Gasteiger charge is 2.18. The quantitative estimate of drug-likeness (QED) is 0.774. The van der Waals surface area contributed by atoms with Gasteiger partial charge in [0, 0.05) is 0 Å². The molecule has 84 valence electrons. The van der Waals surface area contributed by atoms with Crippen molar-refractivity contribution in [3.05, 3.63) is 28.8 Å². The summed E-state index contributed by atoms with van der Waals surface area (Å²) in [5.41, 5.74) is 2.84. The number of ether oxygens (including phenoxy) is 1. The van der Waals surface area contributed by atoms with E-state index in [1.54, 1.807) is 0 Å². The lowest BCUT2D eigenvalue weighted by Gasteiger charge is -2.25. The minimum Gasteiger partial charge on any atom is -0.492 e. The van der Waals surface area contributed by atoms with Gasteiger partial charge >= 0.3 is 0 Å². The van der Waals surface area contributed by atoms with Crippen molar-refractivity contribution in [3.8, 4) is 11.8 Å². The first kappa shape index (κ1) is 11.0. The molecule has 2 heteroatoms. The molecule has 0 saturated heterocycles. The molecular formula is C14H17NO. The molecule has 1 aliphatic carbocycles. The van der Waals surface area contributed by atoms with E-state index in [4.69, 9.17) is 10.00 Å². The molecule has 16 heavy (non-hydrogen) atoms. The second-order valence-electron chi connectivity index (χ2n) is 4.67. The van der Waals surface area contributed by atoms with Crippen molar-refractivity contribution >= 4 is 0 Å². The predicted octanol–water partition coefficient (Wildman–Crippen LogP) is 3.35. The van der Waals surface area contributed by atoms with E-state index in [1.165, 1.54) is 19.3 Å². The van der Waals surface area contributed by atoms with E-state index in [0.29, 0.717) is 11.5 Å². The van der Waals surface area contributed by atoms with Crippen LogP contribution in [0, 0.1) is 31.1 Å². The fraction of sp³-hybridized carbons (Fsp3) is 0.500. The molecule has 0 N–H and O–H groups in total. The Bertz CT molecular complexity index is 427. The van der Waals surface area contributed by atoms with Crippen molar-refractivity contribution in [2.75, 3.05) is 6.61 Å². The Balaban J connectivity index is 2.14. The van der Waals surface area contributed by atoms with Crippen LogP contribution in [0.15, 0.2) is 12.1 Å². The van der Waals surface area contributed by atoms with Crippen LogP contribution in [0.5, 0.6) is 5.75 Å². The maximum atomic E-state index is 9.10. The average Bonchev–Trinajstić information content (AvgIpc) is 2.14. The van der Waals surface area contributed by atoms with Crippen LogP contribution in [-0.2, 0) is 0 Å². The lowest BCUT2D eigenvalue weighted by Crippen LogP contribution is -2.19. The van der Waals surface area contributed by atoms with Gasteiger partial charge in [0.15, 0.2) is 0 Å². The Morgan fingerprint density at radius 3 is 2.69 bits per heavy atom. The van der Waals surface area contributed by atoms with E-state index in [-0.39, 0.29) is 0 Å². The largest absolute Gasteiger partial charge is 0.492 e. The Kier molecular flexibility index (Phi) is 3.14. The second-order valence-corrected chi connectivity index (χ2v) is 4.67. The van der Waals surface area contributed by atoms with Gasteiger partial charge in [0.25, 0.3) is 0 Å². The van der Waals surface area contributed by atoms with Crippen molar-refractivity contribution in [2.45, 2.75) is 33.1 Å². The van der Waals surface area contributed by atoms with Gasteiger partial charge in [0.05, 0.1) is 12.2 Å². The first-order valence-corrected chi connectivity index (χ1v) is 5.85. The highest BCUT2D eigenvalue weighted by atomic mass is 16.5. The van der Waals surface area contributed by atoms with Gasteiger partial charge in [-0.15, -0.1) is 0 Å². The van der Waals surface area contributed by atoms with Crippen molar-refractivity contribution in [2.24, 2.45) is 5.92 Å². The molecular weight excluding hydrogens is 198 g/mol. The number of hydrogen-bond acceptors (Lipinski definition) is 2. The summed E-state index contributed by atoms with van der Waals surface area (Å²) in [5, 5.41) is 9.10. The normalized spacial score (nSPS) is 15.3. The third-order valence-corrected chi connectivity index (χ3v) is 3.25. The van der Waals surface area contributed by atoms with Crippen molar-refractivity contribution in [3.63, 3.8) is 0 Å². The minimum atomic E-state index is 0.685. The van der Waals surface area contributed by atoms with Crippen LogP contribution in [0.4, 0.5) is 0 Å². The highest BCUT2D eigenvalue weighted by Crippen LogP contribution is 2.29. The van der Waals surface area contributed by atoms with Gasteiger partial charge in [0.2, 0.25) is 0 Å². The summed E-state index contributed by atoms with van der Waals surface area (Å²) in [6, 6.07) is 6.21. The van der Waals surface area contributed by atoms with Gasteiger partial charge in [-0.05, 0) is 49.8 Å². The molecule has 0 heterocycles. The van der Waals surface area contributed by atoms with Crippen molar-refractivity contribution in [1.82, 2.24) is 0 Å². The lowest BCUT2D eigenvalue weighted by atomic mass is 9.86. The van der Waals surface area contributed by atoms with Crippen molar-refractivity contribution in [1.29, 1.82) is 5.26 Å². The maximum Gasteiger partial charge on any atom is 0.137 e. The zero-order valence-electron chi connectivity index (χ0n) is 9.92. The van der Waals surface area contributed by atoms with Crippen LogP contribution in [0.1, 0.15) is 36.0 Å². The van der Waals surface area contributed by atoms with Crippen LogP contribution < -0.4 is 4.74 Å². The van der Waals surface area contributed by atoms with Crippen LogP contribution in [0.3, 0.4) is 0 Å². The Labute approximate surface area is 96.9 Å². The molecule has 2 rings (SSSR count). The zero-order chi connectivity index (χ0) is 11.5. The van der Waals surface area contributed by atoms with E-state index in [9.17, 15) is 0 Å². The van der Waals surface area contributed by atoms with Crippen LogP contribution in [0.25, 0.3) is 0 Å².